The molecule has 1 heterocycles. The number of hydrogen-bond donors (Lipinski definition) is 0. The third-order valence-electron chi connectivity index (χ3n) is 1.06. The maximum Gasteiger partial charge on any atom is 0.114 e. The first-order chi connectivity index (χ1) is 4.83. The number of nitrogens with zero attached hydrogens (tertiary/aromatic N) is 1. The smallest absolute Gasteiger partial charge is 0.114 e. The van der Waals surface area contributed by atoms with Crippen LogP contribution in [0.25, 0.3) is 0 Å². The van der Waals surface area contributed by atoms with Crippen molar-refractivity contribution in [1.29, 1.82) is 0 Å². The second-order valence-electron chi connectivity index (χ2n) is 1.88. The van der Waals surface area contributed by atoms with Gasteiger partial charge in [-0.1, -0.05) is 6.07 Å². The first kappa shape index (κ1) is 7.11. The molecule has 0 N–H and O–H groups in total. The number of rotatable bonds is 0. The minimum atomic E-state index is 0.718. The van der Waals surface area contributed by atoms with Crippen molar-refractivity contribution in [2.75, 3.05) is 0 Å². The van der Waals surface area contributed by atoms with E-state index in [-0.39, 0.29) is 0 Å². The molecule has 1 aromatic rings. The van der Waals surface area contributed by atoms with Crippen molar-refractivity contribution in [3.8, 4) is 11.3 Å². The zero-order valence-electron chi connectivity index (χ0n) is 5.56. The number of halogens is 1. The van der Waals surface area contributed by atoms with Crippen molar-refractivity contribution in [1.82, 2.24) is 4.98 Å². The molecular weight excluding hydrogens is 146 g/mol. The summed E-state index contributed by atoms with van der Waals surface area (Å²) < 4.78 is 0. The van der Waals surface area contributed by atoms with Gasteiger partial charge in [0.15, 0.2) is 0 Å². The maximum absolute atomic E-state index is 5.19. The van der Waals surface area contributed by atoms with E-state index in [9.17, 15) is 0 Å². The number of aryl methyl sites for hydroxylation is 1. The van der Waals surface area contributed by atoms with Crippen LogP contribution in [0.3, 0.4) is 0 Å². The molecule has 0 aromatic carbocycles. The Morgan fingerprint density at radius 3 is 2.90 bits per heavy atom. The van der Waals surface area contributed by atoms with Crippen molar-refractivity contribution in [2.24, 2.45) is 0 Å². The highest BCUT2D eigenvalue weighted by molar-refractivity contribution is 6.30. The van der Waals surface area contributed by atoms with Crippen LogP contribution in [0.4, 0.5) is 0 Å². The molecule has 1 rings (SSSR count). The average molecular weight is 152 g/mol. The quantitative estimate of drug-likeness (QED) is 0.517. The average Bonchev–Trinajstić information content (AvgIpc) is 1.88. The van der Waals surface area contributed by atoms with E-state index < -0.39 is 0 Å². The topological polar surface area (TPSA) is 12.9 Å². The Kier molecular flexibility index (Phi) is 2.30. The van der Waals surface area contributed by atoms with E-state index >= 15 is 0 Å². The summed E-state index contributed by atoms with van der Waals surface area (Å²) in [5.41, 5.74) is 1.67. The van der Waals surface area contributed by atoms with Crippen LogP contribution >= 0.6 is 11.6 Å². The van der Waals surface area contributed by atoms with Gasteiger partial charge in [0.25, 0.3) is 0 Å². The van der Waals surface area contributed by atoms with Crippen molar-refractivity contribution >= 4 is 11.6 Å². The Bertz CT molecular complexity index is 283. The van der Waals surface area contributed by atoms with E-state index in [2.05, 4.69) is 16.3 Å². The lowest BCUT2D eigenvalue weighted by molar-refractivity contribution is 1.18. The van der Waals surface area contributed by atoms with E-state index in [1.54, 1.807) is 0 Å². The third-order valence-corrected chi connectivity index (χ3v) is 1.16. The Morgan fingerprint density at radius 2 is 2.30 bits per heavy atom. The van der Waals surface area contributed by atoms with E-state index in [0.29, 0.717) is 0 Å². The van der Waals surface area contributed by atoms with E-state index in [1.807, 2.05) is 25.1 Å². The summed E-state index contributed by atoms with van der Waals surface area (Å²) in [6.45, 7) is 1.92. The fourth-order valence-electron chi connectivity index (χ4n) is 0.661. The normalized spacial score (nSPS) is 8.20. The lowest BCUT2D eigenvalue weighted by Gasteiger charge is -1.89. The zero-order valence-corrected chi connectivity index (χ0v) is 6.31. The Morgan fingerprint density at radius 1 is 1.50 bits per heavy atom. The lowest BCUT2D eigenvalue weighted by atomic mass is 10.3. The van der Waals surface area contributed by atoms with Gasteiger partial charge in [-0.25, -0.2) is 4.98 Å². The largest absolute Gasteiger partial charge is 0.245 e. The van der Waals surface area contributed by atoms with Crippen LogP contribution in [0.15, 0.2) is 18.2 Å². The van der Waals surface area contributed by atoms with Gasteiger partial charge >= 0.3 is 0 Å². The minimum absolute atomic E-state index is 0.718. The molecule has 0 radical (unpaired) electrons. The molecule has 1 nitrogen and oxygen atoms in total. The van der Waals surface area contributed by atoms with Crippen LogP contribution < -0.4 is 0 Å². The molecule has 0 amide bonds. The molecule has 0 aliphatic carbocycles. The molecular formula is C8H6ClN. The van der Waals surface area contributed by atoms with E-state index in [0.717, 1.165) is 11.4 Å². The van der Waals surface area contributed by atoms with Gasteiger partial charge in [-0.05, 0) is 36.6 Å². The molecule has 0 saturated carbocycles. The summed E-state index contributed by atoms with van der Waals surface area (Å²) >= 11 is 5.19. The fraction of sp³-hybridized carbons (Fsp3) is 0.125. The SMILES string of the molecule is Cc1cccc(C#CCl)n1. The summed E-state index contributed by atoms with van der Waals surface area (Å²) in [5.74, 6) is 2.65. The first-order valence-corrected chi connectivity index (χ1v) is 3.26. The van der Waals surface area contributed by atoms with Gasteiger partial charge < -0.3 is 0 Å². The predicted octanol–water partition coefficient (Wildman–Crippen LogP) is 1.94. The maximum atomic E-state index is 5.19. The third kappa shape index (κ3) is 1.75. The summed E-state index contributed by atoms with van der Waals surface area (Å²) in [7, 11) is 0. The summed E-state index contributed by atoms with van der Waals surface area (Å²) in [6, 6.07) is 5.64. The van der Waals surface area contributed by atoms with Crippen LogP contribution in [-0.4, -0.2) is 4.98 Å². The van der Waals surface area contributed by atoms with Crippen LogP contribution in [0.5, 0.6) is 0 Å². The Labute approximate surface area is 65.0 Å². The second kappa shape index (κ2) is 3.24. The van der Waals surface area contributed by atoms with Gasteiger partial charge in [-0.3, -0.25) is 0 Å². The second-order valence-corrected chi connectivity index (χ2v) is 2.07. The van der Waals surface area contributed by atoms with Gasteiger partial charge in [0.05, 0.1) is 0 Å². The molecule has 0 fully saturated rings. The monoisotopic (exact) mass is 151 g/mol. The van der Waals surface area contributed by atoms with Crippen molar-refractivity contribution in [3.05, 3.63) is 29.6 Å². The van der Waals surface area contributed by atoms with Crippen molar-refractivity contribution in [2.45, 2.75) is 6.92 Å². The number of pyridine rings is 1. The van der Waals surface area contributed by atoms with Crippen LogP contribution in [0.1, 0.15) is 11.4 Å². The molecule has 0 unspecified atom stereocenters. The molecule has 0 atom stereocenters. The van der Waals surface area contributed by atoms with Gasteiger partial charge in [0, 0.05) is 11.1 Å². The lowest BCUT2D eigenvalue weighted by Crippen LogP contribution is -1.83. The summed E-state index contributed by atoms with van der Waals surface area (Å²) in [4.78, 5) is 4.10. The predicted molar refractivity (Wildman–Crippen MR) is 41.7 cm³/mol. The summed E-state index contributed by atoms with van der Waals surface area (Å²) in [6.07, 6.45) is 0. The van der Waals surface area contributed by atoms with Crippen LogP contribution in [0, 0.1) is 18.2 Å². The van der Waals surface area contributed by atoms with Gasteiger partial charge in [0.1, 0.15) is 5.69 Å². The minimum Gasteiger partial charge on any atom is -0.245 e. The summed E-state index contributed by atoms with van der Waals surface area (Å²) in [5, 5.41) is 2.27. The van der Waals surface area contributed by atoms with E-state index in [4.69, 9.17) is 11.6 Å². The van der Waals surface area contributed by atoms with Gasteiger partial charge in [-0.2, -0.15) is 0 Å². The van der Waals surface area contributed by atoms with Crippen LogP contribution in [0.2, 0.25) is 0 Å². The highest BCUT2D eigenvalue weighted by Crippen LogP contribution is 1.95. The van der Waals surface area contributed by atoms with Crippen molar-refractivity contribution in [3.63, 3.8) is 0 Å². The van der Waals surface area contributed by atoms with Crippen LogP contribution in [-0.2, 0) is 0 Å². The molecule has 1 aromatic heterocycles. The first-order valence-electron chi connectivity index (χ1n) is 2.88. The molecule has 0 spiro atoms. The number of aromatic nitrogens is 1. The number of hydrogen-bond acceptors (Lipinski definition) is 1. The molecule has 0 aliphatic heterocycles. The molecule has 50 valence electrons. The van der Waals surface area contributed by atoms with Crippen molar-refractivity contribution < 1.29 is 0 Å². The highest BCUT2D eigenvalue weighted by Gasteiger charge is 1.86. The van der Waals surface area contributed by atoms with Gasteiger partial charge in [0.2, 0.25) is 0 Å². The standard InChI is InChI=1S/C8H6ClN/c1-7-3-2-4-8(10-7)5-6-9/h2-4H,1H3. The van der Waals surface area contributed by atoms with E-state index in [1.165, 1.54) is 0 Å². The van der Waals surface area contributed by atoms with Gasteiger partial charge in [-0.15, -0.1) is 0 Å². The molecule has 0 bridgehead atoms. The Balaban J connectivity index is 3.03. The fourth-order valence-corrected chi connectivity index (χ4v) is 0.758. The Hall–Kier alpha value is -1.00. The molecule has 10 heavy (non-hydrogen) atoms. The zero-order chi connectivity index (χ0) is 7.40. The molecule has 0 aliphatic rings. The molecule has 0 saturated heterocycles. The molecule has 2 heteroatoms. The highest BCUT2D eigenvalue weighted by atomic mass is 35.5.